The minimum Gasteiger partial charge on any atom is -0.345 e. The summed E-state index contributed by atoms with van der Waals surface area (Å²) in [6.45, 7) is 3.64. The SMILES string of the molecule is C=CSc1c2csc1N2. The molecule has 0 saturated carbocycles. The topological polar surface area (TPSA) is 12.0 Å². The minimum atomic E-state index is 1.26. The molecule has 0 fully saturated rings. The van der Waals surface area contributed by atoms with E-state index in [1.165, 1.54) is 15.6 Å². The first-order valence-electron chi connectivity index (χ1n) is 2.58. The van der Waals surface area contributed by atoms with Crippen molar-refractivity contribution < 1.29 is 0 Å². The number of nitrogens with one attached hydrogen (secondary N) is 1. The van der Waals surface area contributed by atoms with Gasteiger partial charge in [0.15, 0.2) is 0 Å². The molecule has 1 N–H and O–H groups in total. The molecule has 1 aromatic rings. The third-order valence-corrected chi connectivity index (χ3v) is 3.05. The number of anilines is 2. The molecule has 2 aliphatic heterocycles. The molecule has 2 bridgehead atoms. The maximum atomic E-state index is 3.64. The molecule has 3 heteroatoms. The Hall–Kier alpha value is -0.410. The summed E-state index contributed by atoms with van der Waals surface area (Å²) in [5, 5.41) is 8.46. The van der Waals surface area contributed by atoms with Crippen molar-refractivity contribution in [3.8, 4) is 0 Å². The quantitative estimate of drug-likeness (QED) is 0.669. The summed E-state index contributed by atoms with van der Waals surface area (Å²) >= 11 is 3.45. The molecular formula is C6H5NS2. The number of hydrogen-bond acceptors (Lipinski definition) is 3. The molecule has 0 unspecified atom stereocenters. The monoisotopic (exact) mass is 155 g/mol. The second-order valence-electron chi connectivity index (χ2n) is 1.72. The predicted octanol–water partition coefficient (Wildman–Crippen LogP) is 3.04. The van der Waals surface area contributed by atoms with Crippen molar-refractivity contribution in [2.24, 2.45) is 0 Å². The van der Waals surface area contributed by atoms with Gasteiger partial charge in [-0.3, -0.25) is 0 Å². The van der Waals surface area contributed by atoms with Gasteiger partial charge in [0, 0.05) is 5.38 Å². The Kier molecular flexibility index (Phi) is 1.07. The summed E-state index contributed by atoms with van der Waals surface area (Å²) in [5.41, 5.74) is 1.26. The molecule has 1 aromatic heterocycles. The Morgan fingerprint density at radius 2 is 2.67 bits per heavy atom. The van der Waals surface area contributed by atoms with E-state index in [1.807, 2.05) is 5.41 Å². The molecule has 0 saturated heterocycles. The van der Waals surface area contributed by atoms with E-state index in [-0.39, 0.29) is 0 Å². The van der Waals surface area contributed by atoms with Crippen LogP contribution in [-0.2, 0) is 0 Å². The molecule has 0 atom stereocenters. The maximum Gasteiger partial charge on any atom is 0.109 e. The fourth-order valence-electron chi connectivity index (χ4n) is 0.780. The van der Waals surface area contributed by atoms with Crippen LogP contribution in [0.25, 0.3) is 0 Å². The van der Waals surface area contributed by atoms with Crippen LogP contribution in [0.1, 0.15) is 0 Å². The van der Waals surface area contributed by atoms with Gasteiger partial charge < -0.3 is 5.32 Å². The zero-order valence-electron chi connectivity index (χ0n) is 4.68. The van der Waals surface area contributed by atoms with Crippen molar-refractivity contribution >= 4 is 33.8 Å². The van der Waals surface area contributed by atoms with Crippen molar-refractivity contribution in [3.05, 3.63) is 17.4 Å². The normalized spacial score (nSPS) is 12.0. The highest BCUT2D eigenvalue weighted by atomic mass is 32.2. The van der Waals surface area contributed by atoms with Gasteiger partial charge in [-0.1, -0.05) is 18.3 Å². The van der Waals surface area contributed by atoms with Gasteiger partial charge in [0.1, 0.15) is 5.00 Å². The third kappa shape index (κ3) is 0.618. The highest BCUT2D eigenvalue weighted by Crippen LogP contribution is 2.50. The zero-order chi connectivity index (χ0) is 6.27. The average molecular weight is 155 g/mol. The number of thiophene rings is 1. The van der Waals surface area contributed by atoms with E-state index < -0.39 is 0 Å². The lowest BCUT2D eigenvalue weighted by molar-refractivity contribution is 1.40. The molecule has 3 heterocycles. The molecule has 46 valence electrons. The van der Waals surface area contributed by atoms with E-state index in [9.17, 15) is 0 Å². The summed E-state index contributed by atoms with van der Waals surface area (Å²) in [6.07, 6.45) is 0. The lowest BCUT2D eigenvalue weighted by Gasteiger charge is -2.13. The molecule has 2 aliphatic rings. The lowest BCUT2D eigenvalue weighted by Crippen LogP contribution is -1.95. The summed E-state index contributed by atoms with van der Waals surface area (Å²) in [4.78, 5) is 1.36. The van der Waals surface area contributed by atoms with E-state index in [4.69, 9.17) is 0 Å². The fraction of sp³-hybridized carbons (Fsp3) is 0. The van der Waals surface area contributed by atoms with Gasteiger partial charge in [0.05, 0.1) is 10.6 Å². The minimum absolute atomic E-state index is 1.26. The molecule has 0 spiro atoms. The standard InChI is InChI=1S/C6H5NS2/c1-2-8-5-4-3-9-6(5)7-4/h2-3,7H,1H2. The number of rotatable bonds is 2. The Balaban J connectivity index is 2.35. The zero-order valence-corrected chi connectivity index (χ0v) is 6.31. The van der Waals surface area contributed by atoms with Gasteiger partial charge in [-0.2, -0.15) is 0 Å². The second kappa shape index (κ2) is 1.78. The van der Waals surface area contributed by atoms with Crippen LogP contribution in [0.2, 0.25) is 0 Å². The van der Waals surface area contributed by atoms with E-state index in [2.05, 4.69) is 17.3 Å². The third-order valence-electron chi connectivity index (χ3n) is 1.19. The maximum absolute atomic E-state index is 3.64. The Bertz CT molecular complexity index is 232. The molecule has 0 aromatic carbocycles. The Labute approximate surface area is 61.8 Å². The molecule has 0 amide bonds. The van der Waals surface area contributed by atoms with Gasteiger partial charge in [0.2, 0.25) is 0 Å². The van der Waals surface area contributed by atoms with Gasteiger partial charge in [0.25, 0.3) is 0 Å². The molecule has 0 radical (unpaired) electrons. The first-order chi connectivity index (χ1) is 4.42. The van der Waals surface area contributed by atoms with Gasteiger partial charge in [-0.15, -0.1) is 11.3 Å². The first-order valence-corrected chi connectivity index (χ1v) is 4.34. The van der Waals surface area contributed by atoms with Crippen molar-refractivity contribution in [1.82, 2.24) is 0 Å². The van der Waals surface area contributed by atoms with Crippen LogP contribution in [0.3, 0.4) is 0 Å². The van der Waals surface area contributed by atoms with E-state index in [0.717, 1.165) is 0 Å². The molecule has 1 nitrogen and oxygen atoms in total. The lowest BCUT2D eigenvalue weighted by atomic mass is 10.4. The summed E-state index contributed by atoms with van der Waals surface area (Å²) < 4.78 is 0. The predicted molar refractivity (Wildman–Crippen MR) is 43.7 cm³/mol. The Morgan fingerprint density at radius 1 is 1.78 bits per heavy atom. The van der Waals surface area contributed by atoms with E-state index >= 15 is 0 Å². The van der Waals surface area contributed by atoms with Crippen LogP contribution in [0.4, 0.5) is 10.7 Å². The number of thioether (sulfide) groups is 1. The van der Waals surface area contributed by atoms with Crippen molar-refractivity contribution in [2.75, 3.05) is 5.32 Å². The fourth-order valence-corrected chi connectivity index (χ4v) is 2.50. The largest absolute Gasteiger partial charge is 0.345 e. The molecule has 9 heavy (non-hydrogen) atoms. The number of fused-ring (bicyclic) bond motifs is 1. The van der Waals surface area contributed by atoms with Gasteiger partial charge in [-0.25, -0.2) is 0 Å². The van der Waals surface area contributed by atoms with Gasteiger partial charge >= 0.3 is 0 Å². The van der Waals surface area contributed by atoms with Crippen LogP contribution in [0.5, 0.6) is 0 Å². The Morgan fingerprint density at radius 3 is 3.11 bits per heavy atom. The van der Waals surface area contributed by atoms with E-state index in [0.29, 0.717) is 0 Å². The summed E-state index contributed by atoms with van der Waals surface area (Å²) in [7, 11) is 0. The molecule has 3 rings (SSSR count). The average Bonchev–Trinajstić information content (AvgIpc) is 2.39. The van der Waals surface area contributed by atoms with Crippen molar-refractivity contribution in [2.45, 2.75) is 4.90 Å². The van der Waals surface area contributed by atoms with Crippen molar-refractivity contribution in [1.29, 1.82) is 0 Å². The van der Waals surface area contributed by atoms with Gasteiger partial charge in [-0.05, 0) is 5.41 Å². The highest BCUT2D eigenvalue weighted by molar-refractivity contribution is 8.02. The number of hydrogen-bond donors (Lipinski definition) is 1. The van der Waals surface area contributed by atoms with Crippen molar-refractivity contribution in [3.63, 3.8) is 0 Å². The summed E-state index contributed by atoms with van der Waals surface area (Å²) in [5.74, 6) is 0. The highest BCUT2D eigenvalue weighted by Gasteiger charge is 2.20. The van der Waals surface area contributed by atoms with Crippen LogP contribution in [0.15, 0.2) is 22.3 Å². The first kappa shape index (κ1) is 5.38. The second-order valence-corrected chi connectivity index (χ2v) is 3.57. The molecule has 0 aliphatic carbocycles. The van der Waals surface area contributed by atoms with Crippen LogP contribution in [-0.4, -0.2) is 0 Å². The van der Waals surface area contributed by atoms with Crippen LogP contribution < -0.4 is 5.32 Å². The molecular weight excluding hydrogens is 150 g/mol. The van der Waals surface area contributed by atoms with Crippen LogP contribution in [0, 0.1) is 0 Å². The van der Waals surface area contributed by atoms with E-state index in [1.54, 1.807) is 23.1 Å². The smallest absolute Gasteiger partial charge is 0.109 e. The summed E-state index contributed by atoms with van der Waals surface area (Å²) in [6, 6.07) is 0. The van der Waals surface area contributed by atoms with Crippen LogP contribution >= 0.6 is 23.1 Å².